The van der Waals surface area contributed by atoms with Crippen LogP contribution in [0, 0.1) is 0 Å². The van der Waals surface area contributed by atoms with E-state index in [-0.39, 0.29) is 21.9 Å². The minimum Gasteiger partial charge on any atom is -0.366 e. The number of sulfone groups is 1. The van der Waals surface area contributed by atoms with Crippen molar-refractivity contribution in [3.63, 3.8) is 0 Å². The number of aryl methyl sites for hydroxylation is 1. The van der Waals surface area contributed by atoms with E-state index in [0.29, 0.717) is 27.5 Å². The highest BCUT2D eigenvalue weighted by Crippen LogP contribution is 2.30. The first-order valence-electron chi connectivity index (χ1n) is 10.4. The highest BCUT2D eigenvalue weighted by Gasteiger charge is 2.20. The number of hydrogen-bond acceptors (Lipinski definition) is 5. The lowest BCUT2D eigenvalue weighted by atomic mass is 10.1. The summed E-state index contributed by atoms with van der Waals surface area (Å²) in [5, 5.41) is 5.68. The lowest BCUT2D eigenvalue weighted by Gasteiger charge is -2.07. The summed E-state index contributed by atoms with van der Waals surface area (Å²) in [6.45, 7) is 0.158. The standard InChI is InChI=1S/C25H20N4O4S/c1-28-22-13-19(34(32,33)18-8-3-2-4-9-18)10-11-20(22)21-14-27-29(25(31)23(21)28)15-16-6-5-7-17(12-16)24(26)30/h2-14H,15H2,1H3,(H2,26,30). The molecule has 0 aliphatic carbocycles. The van der Waals surface area contributed by atoms with Crippen molar-refractivity contribution in [2.75, 3.05) is 0 Å². The molecule has 2 aromatic heterocycles. The summed E-state index contributed by atoms with van der Waals surface area (Å²) in [6.07, 6.45) is 1.60. The van der Waals surface area contributed by atoms with Crippen LogP contribution in [0.1, 0.15) is 15.9 Å². The molecule has 0 atom stereocenters. The van der Waals surface area contributed by atoms with Crippen molar-refractivity contribution in [2.45, 2.75) is 16.3 Å². The Balaban J connectivity index is 1.63. The first-order valence-corrected chi connectivity index (χ1v) is 11.9. The van der Waals surface area contributed by atoms with Gasteiger partial charge in [0.15, 0.2) is 0 Å². The van der Waals surface area contributed by atoms with Crippen LogP contribution >= 0.6 is 0 Å². The maximum atomic E-state index is 13.3. The topological polar surface area (TPSA) is 117 Å². The summed E-state index contributed by atoms with van der Waals surface area (Å²) in [5.41, 5.74) is 7.11. The minimum atomic E-state index is -3.70. The largest absolute Gasteiger partial charge is 0.366 e. The lowest BCUT2D eigenvalue weighted by molar-refractivity contribution is 0.1000. The normalized spacial score (nSPS) is 11.8. The van der Waals surface area contributed by atoms with E-state index < -0.39 is 15.7 Å². The molecule has 2 heterocycles. The zero-order valence-electron chi connectivity index (χ0n) is 18.2. The second-order valence-electron chi connectivity index (χ2n) is 7.99. The third-order valence-corrected chi connectivity index (χ3v) is 7.65. The molecule has 5 rings (SSSR count). The molecule has 34 heavy (non-hydrogen) atoms. The molecule has 8 nitrogen and oxygen atoms in total. The Morgan fingerprint density at radius 3 is 2.44 bits per heavy atom. The first kappa shape index (κ1) is 21.6. The second kappa shape index (κ2) is 7.96. The fourth-order valence-electron chi connectivity index (χ4n) is 4.15. The third kappa shape index (κ3) is 3.46. The minimum absolute atomic E-state index is 0.147. The highest BCUT2D eigenvalue weighted by molar-refractivity contribution is 7.91. The number of nitrogens with zero attached hydrogens (tertiary/aromatic N) is 3. The van der Waals surface area contributed by atoms with Crippen molar-refractivity contribution in [3.05, 3.63) is 100 Å². The van der Waals surface area contributed by atoms with Gasteiger partial charge in [-0.25, -0.2) is 13.1 Å². The molecule has 9 heteroatoms. The van der Waals surface area contributed by atoms with Crippen LogP contribution in [0.2, 0.25) is 0 Å². The number of benzene rings is 3. The van der Waals surface area contributed by atoms with Gasteiger partial charge in [-0.1, -0.05) is 36.4 Å². The van der Waals surface area contributed by atoms with Crippen molar-refractivity contribution >= 4 is 37.6 Å². The van der Waals surface area contributed by atoms with Crippen LogP contribution in [0.3, 0.4) is 0 Å². The average molecular weight is 473 g/mol. The molecule has 0 bridgehead atoms. The lowest BCUT2D eigenvalue weighted by Crippen LogP contribution is -2.24. The number of amides is 1. The van der Waals surface area contributed by atoms with Crippen LogP contribution in [-0.4, -0.2) is 28.7 Å². The van der Waals surface area contributed by atoms with Crippen molar-refractivity contribution in [1.82, 2.24) is 14.3 Å². The van der Waals surface area contributed by atoms with Crippen LogP contribution in [0.15, 0.2) is 93.6 Å². The number of rotatable bonds is 5. The molecular formula is C25H20N4O4S. The summed E-state index contributed by atoms with van der Waals surface area (Å²) in [5.74, 6) is -0.549. The van der Waals surface area contributed by atoms with Gasteiger partial charge in [-0.2, -0.15) is 5.10 Å². The predicted molar refractivity (Wildman–Crippen MR) is 128 cm³/mol. The van der Waals surface area contributed by atoms with E-state index in [1.54, 1.807) is 90.6 Å². The molecule has 5 aromatic rings. The Morgan fingerprint density at radius 2 is 1.71 bits per heavy atom. The number of nitrogens with two attached hydrogens (primary N) is 1. The first-order chi connectivity index (χ1) is 16.3. The van der Waals surface area contributed by atoms with E-state index in [1.807, 2.05) is 0 Å². The van der Waals surface area contributed by atoms with Gasteiger partial charge < -0.3 is 10.3 Å². The van der Waals surface area contributed by atoms with Gasteiger partial charge >= 0.3 is 0 Å². The van der Waals surface area contributed by atoms with Gasteiger partial charge in [0.2, 0.25) is 15.7 Å². The van der Waals surface area contributed by atoms with Crippen LogP contribution in [0.5, 0.6) is 0 Å². The predicted octanol–water partition coefficient (Wildman–Crippen LogP) is 2.87. The zero-order chi connectivity index (χ0) is 24.0. The molecule has 3 aromatic carbocycles. The van der Waals surface area contributed by atoms with E-state index in [2.05, 4.69) is 5.10 Å². The summed E-state index contributed by atoms with van der Waals surface area (Å²) in [6, 6.07) is 19.8. The van der Waals surface area contributed by atoms with Crippen LogP contribution in [0.25, 0.3) is 21.8 Å². The number of hydrogen-bond donors (Lipinski definition) is 1. The summed E-state index contributed by atoms with van der Waals surface area (Å²) in [4.78, 5) is 25.1. The van der Waals surface area contributed by atoms with Crippen LogP contribution < -0.4 is 11.3 Å². The van der Waals surface area contributed by atoms with Gasteiger partial charge in [0.1, 0.15) is 5.52 Å². The van der Waals surface area contributed by atoms with Gasteiger partial charge in [-0.15, -0.1) is 0 Å². The molecule has 0 aliphatic heterocycles. The number of carbonyl (C=O) groups excluding carboxylic acids is 1. The van der Waals surface area contributed by atoms with Gasteiger partial charge in [-0.05, 0) is 42.0 Å². The Labute approximate surface area is 194 Å². The third-order valence-electron chi connectivity index (χ3n) is 5.88. The molecule has 1 amide bonds. The van der Waals surface area contributed by atoms with Gasteiger partial charge in [0.05, 0.1) is 28.0 Å². The molecule has 0 saturated carbocycles. The average Bonchev–Trinajstić information content (AvgIpc) is 3.13. The molecule has 0 aliphatic rings. The smallest absolute Gasteiger partial charge is 0.291 e. The van der Waals surface area contributed by atoms with Gasteiger partial charge in [-0.3, -0.25) is 9.59 Å². The Bertz CT molecular complexity index is 1750. The van der Waals surface area contributed by atoms with E-state index in [1.165, 1.54) is 4.68 Å². The summed E-state index contributed by atoms with van der Waals surface area (Å²) < 4.78 is 29.2. The van der Waals surface area contributed by atoms with Gasteiger partial charge in [0, 0.05) is 23.4 Å². The second-order valence-corrected chi connectivity index (χ2v) is 9.94. The maximum Gasteiger partial charge on any atom is 0.291 e. The Hall–Kier alpha value is -4.24. The van der Waals surface area contributed by atoms with E-state index >= 15 is 0 Å². The van der Waals surface area contributed by atoms with Crippen LogP contribution in [-0.2, 0) is 23.4 Å². The highest BCUT2D eigenvalue weighted by atomic mass is 32.2. The monoisotopic (exact) mass is 472 g/mol. The maximum absolute atomic E-state index is 13.3. The number of aromatic nitrogens is 3. The van der Waals surface area contributed by atoms with E-state index in [4.69, 9.17) is 5.73 Å². The zero-order valence-corrected chi connectivity index (χ0v) is 19.0. The molecular weight excluding hydrogens is 452 g/mol. The Morgan fingerprint density at radius 1 is 0.941 bits per heavy atom. The van der Waals surface area contributed by atoms with Crippen molar-refractivity contribution in [2.24, 2.45) is 12.8 Å². The SMILES string of the molecule is Cn1c2cc(S(=O)(=O)c3ccccc3)ccc2c2cnn(Cc3cccc(C(N)=O)c3)c(=O)c21. The molecule has 170 valence electrons. The fraction of sp³-hybridized carbons (Fsp3) is 0.0800. The summed E-state index contributed by atoms with van der Waals surface area (Å²) >= 11 is 0. The van der Waals surface area contributed by atoms with Crippen molar-refractivity contribution < 1.29 is 13.2 Å². The number of primary amides is 1. The van der Waals surface area contributed by atoms with E-state index in [0.717, 1.165) is 5.39 Å². The number of fused-ring (bicyclic) bond motifs is 3. The van der Waals surface area contributed by atoms with Gasteiger partial charge in [0.25, 0.3) is 5.56 Å². The quantitative estimate of drug-likeness (QED) is 0.422. The molecule has 0 unspecified atom stereocenters. The van der Waals surface area contributed by atoms with E-state index in [9.17, 15) is 18.0 Å². The molecule has 0 spiro atoms. The summed E-state index contributed by atoms with van der Waals surface area (Å²) in [7, 11) is -1.98. The fourth-order valence-corrected chi connectivity index (χ4v) is 5.45. The van der Waals surface area contributed by atoms with Crippen molar-refractivity contribution in [3.8, 4) is 0 Å². The Kier molecular flexibility index (Phi) is 5.06. The molecule has 0 radical (unpaired) electrons. The van der Waals surface area contributed by atoms with Crippen LogP contribution in [0.4, 0.5) is 0 Å². The molecule has 0 fully saturated rings. The number of carbonyl (C=O) groups is 1. The molecule has 0 saturated heterocycles. The van der Waals surface area contributed by atoms with Crippen molar-refractivity contribution in [1.29, 1.82) is 0 Å². The molecule has 2 N–H and O–H groups in total.